The van der Waals surface area contributed by atoms with Crippen molar-refractivity contribution in [1.82, 2.24) is 0 Å². The molecular formula is C12H22O3. The van der Waals surface area contributed by atoms with E-state index < -0.39 is 5.97 Å². The lowest BCUT2D eigenvalue weighted by molar-refractivity contribution is -0.139. The number of hydrogen-bond donors (Lipinski definition) is 1. The molecule has 3 nitrogen and oxygen atoms in total. The predicted octanol–water partition coefficient (Wildman–Crippen LogP) is 3.35. The Morgan fingerprint density at radius 2 is 1.80 bits per heavy atom. The van der Waals surface area contributed by atoms with Gasteiger partial charge in [0.25, 0.3) is 0 Å². The number of carbonyl (C=O) groups is 1. The predicted molar refractivity (Wildman–Crippen MR) is 60.7 cm³/mol. The van der Waals surface area contributed by atoms with Crippen LogP contribution in [-0.2, 0) is 9.53 Å². The van der Waals surface area contributed by atoms with Crippen LogP contribution in [0.4, 0.5) is 0 Å². The zero-order valence-electron chi connectivity index (χ0n) is 9.79. The molecule has 0 heterocycles. The van der Waals surface area contributed by atoms with Crippen molar-refractivity contribution in [2.45, 2.75) is 52.4 Å². The fourth-order valence-electron chi connectivity index (χ4n) is 1.21. The van der Waals surface area contributed by atoms with E-state index in [0.717, 1.165) is 19.1 Å². The summed E-state index contributed by atoms with van der Waals surface area (Å²) in [4.78, 5) is 11.1. The Labute approximate surface area is 92.1 Å². The summed E-state index contributed by atoms with van der Waals surface area (Å²) >= 11 is 0. The topological polar surface area (TPSA) is 46.5 Å². The average molecular weight is 214 g/mol. The Hall–Kier alpha value is -0.990. The summed E-state index contributed by atoms with van der Waals surface area (Å²) < 4.78 is 4.93. The van der Waals surface area contributed by atoms with E-state index in [0.29, 0.717) is 6.61 Å². The summed E-state index contributed by atoms with van der Waals surface area (Å²) in [6.07, 6.45) is 7.80. The van der Waals surface area contributed by atoms with E-state index in [2.05, 4.69) is 6.92 Å². The van der Waals surface area contributed by atoms with Gasteiger partial charge in [0.15, 0.2) is 0 Å². The molecule has 0 radical (unpaired) electrons. The second-order valence-corrected chi connectivity index (χ2v) is 3.72. The Morgan fingerprint density at radius 1 is 1.20 bits per heavy atom. The van der Waals surface area contributed by atoms with Crippen molar-refractivity contribution in [3.63, 3.8) is 0 Å². The summed E-state index contributed by atoms with van der Waals surface area (Å²) in [6, 6.07) is 0. The number of ether oxygens (including phenoxy) is 1. The maximum Gasteiger partial charge on any atom is 0.336 e. The number of carbonyl (C=O) groups excluding carboxylic acids is 1. The molecule has 0 amide bonds. The van der Waals surface area contributed by atoms with Crippen LogP contribution in [0.5, 0.6) is 0 Å². The Kier molecular flexibility index (Phi) is 8.93. The van der Waals surface area contributed by atoms with Crippen molar-refractivity contribution in [2.24, 2.45) is 0 Å². The fourth-order valence-corrected chi connectivity index (χ4v) is 1.21. The molecule has 0 aromatic rings. The summed E-state index contributed by atoms with van der Waals surface area (Å²) in [5.41, 5.74) is 0.251. The number of aliphatic hydroxyl groups excluding tert-OH is 1. The van der Waals surface area contributed by atoms with Gasteiger partial charge in [0.1, 0.15) is 0 Å². The lowest BCUT2D eigenvalue weighted by Gasteiger charge is -2.03. The molecule has 0 rings (SSSR count). The molecule has 0 spiro atoms. The van der Waals surface area contributed by atoms with Crippen LogP contribution in [0, 0.1) is 0 Å². The minimum atomic E-state index is -0.425. The Balaban J connectivity index is 3.28. The van der Waals surface area contributed by atoms with Crippen molar-refractivity contribution < 1.29 is 14.6 Å². The molecule has 0 fully saturated rings. The highest BCUT2D eigenvalue weighted by Gasteiger charge is 2.04. The molecule has 0 unspecified atom stereocenters. The lowest BCUT2D eigenvalue weighted by atomic mass is 10.1. The van der Waals surface area contributed by atoms with Crippen molar-refractivity contribution >= 4 is 5.97 Å². The van der Waals surface area contributed by atoms with Crippen molar-refractivity contribution in [1.29, 1.82) is 0 Å². The first kappa shape index (κ1) is 14.0. The van der Waals surface area contributed by atoms with Gasteiger partial charge in [-0.25, -0.2) is 4.79 Å². The maximum absolute atomic E-state index is 11.1. The Morgan fingerprint density at radius 3 is 2.40 bits per heavy atom. The first-order valence-electron chi connectivity index (χ1n) is 5.70. The molecule has 0 aliphatic rings. The van der Waals surface area contributed by atoms with Crippen molar-refractivity contribution in [3.8, 4) is 0 Å². The van der Waals surface area contributed by atoms with Gasteiger partial charge in [0.2, 0.25) is 0 Å². The highest BCUT2D eigenvalue weighted by molar-refractivity contribution is 5.87. The fraction of sp³-hybridized carbons (Fsp3) is 0.750. The molecule has 0 aliphatic heterocycles. The number of esters is 1. The monoisotopic (exact) mass is 214 g/mol. The van der Waals surface area contributed by atoms with E-state index >= 15 is 0 Å². The standard InChI is InChI=1S/C12H22O3/c1-3-4-5-6-7-8-9-15-12(14)11(2)10-13/h10,13H,3-9H2,1-2H3/b11-10+. The molecule has 0 aromatic carbocycles. The minimum Gasteiger partial charge on any atom is -0.515 e. The molecule has 3 heteroatoms. The minimum absolute atomic E-state index is 0.251. The second-order valence-electron chi connectivity index (χ2n) is 3.72. The van der Waals surface area contributed by atoms with Crippen LogP contribution in [0.2, 0.25) is 0 Å². The van der Waals surface area contributed by atoms with Crippen LogP contribution in [-0.4, -0.2) is 17.7 Å². The van der Waals surface area contributed by atoms with E-state index in [-0.39, 0.29) is 5.57 Å². The molecular weight excluding hydrogens is 192 g/mol. The summed E-state index contributed by atoms with van der Waals surface area (Å²) in [7, 11) is 0. The third-order valence-corrected chi connectivity index (χ3v) is 2.25. The highest BCUT2D eigenvalue weighted by Crippen LogP contribution is 2.05. The second kappa shape index (κ2) is 9.56. The number of unbranched alkanes of at least 4 members (excludes halogenated alkanes) is 5. The van der Waals surface area contributed by atoms with Crippen LogP contribution in [0.3, 0.4) is 0 Å². The van der Waals surface area contributed by atoms with Gasteiger partial charge in [-0.2, -0.15) is 0 Å². The van der Waals surface area contributed by atoms with Crippen LogP contribution in [0.15, 0.2) is 11.8 Å². The van der Waals surface area contributed by atoms with Crippen LogP contribution in [0.1, 0.15) is 52.4 Å². The van der Waals surface area contributed by atoms with Crippen LogP contribution < -0.4 is 0 Å². The van der Waals surface area contributed by atoms with Crippen LogP contribution in [0.25, 0.3) is 0 Å². The van der Waals surface area contributed by atoms with Gasteiger partial charge in [-0.05, 0) is 13.3 Å². The van der Waals surface area contributed by atoms with E-state index in [4.69, 9.17) is 9.84 Å². The molecule has 0 atom stereocenters. The lowest BCUT2D eigenvalue weighted by Crippen LogP contribution is -2.06. The molecule has 0 saturated heterocycles. The summed E-state index contributed by atoms with van der Waals surface area (Å²) in [6.45, 7) is 4.17. The van der Waals surface area contributed by atoms with Gasteiger partial charge in [-0.15, -0.1) is 0 Å². The van der Waals surface area contributed by atoms with E-state index in [1.807, 2.05) is 0 Å². The third-order valence-electron chi connectivity index (χ3n) is 2.25. The van der Waals surface area contributed by atoms with Gasteiger partial charge < -0.3 is 9.84 Å². The van der Waals surface area contributed by atoms with E-state index in [1.165, 1.54) is 32.6 Å². The van der Waals surface area contributed by atoms with Gasteiger partial charge in [0.05, 0.1) is 18.4 Å². The Bertz CT molecular complexity index is 197. The van der Waals surface area contributed by atoms with Crippen molar-refractivity contribution in [2.75, 3.05) is 6.61 Å². The first-order chi connectivity index (χ1) is 7.22. The largest absolute Gasteiger partial charge is 0.515 e. The summed E-state index contributed by atoms with van der Waals surface area (Å²) in [5.74, 6) is -0.425. The maximum atomic E-state index is 11.1. The molecule has 15 heavy (non-hydrogen) atoms. The van der Waals surface area contributed by atoms with E-state index in [9.17, 15) is 4.79 Å². The SMILES string of the molecule is CCCCCCCCOC(=O)/C(C)=C/O. The number of hydrogen-bond acceptors (Lipinski definition) is 3. The molecule has 0 saturated carbocycles. The number of rotatable bonds is 8. The zero-order chi connectivity index (χ0) is 11.5. The van der Waals surface area contributed by atoms with Gasteiger partial charge in [0, 0.05) is 0 Å². The van der Waals surface area contributed by atoms with Gasteiger partial charge in [-0.3, -0.25) is 0 Å². The zero-order valence-corrected chi connectivity index (χ0v) is 9.79. The van der Waals surface area contributed by atoms with Crippen LogP contribution >= 0.6 is 0 Å². The van der Waals surface area contributed by atoms with Crippen molar-refractivity contribution in [3.05, 3.63) is 11.8 Å². The third kappa shape index (κ3) is 8.03. The quantitative estimate of drug-likeness (QED) is 0.292. The molecule has 0 bridgehead atoms. The molecule has 1 N–H and O–H groups in total. The average Bonchev–Trinajstić information content (AvgIpc) is 2.26. The number of aliphatic hydroxyl groups is 1. The molecule has 88 valence electrons. The highest BCUT2D eigenvalue weighted by atomic mass is 16.5. The smallest absolute Gasteiger partial charge is 0.336 e. The molecule has 0 aromatic heterocycles. The molecule has 0 aliphatic carbocycles. The first-order valence-corrected chi connectivity index (χ1v) is 5.70. The van der Waals surface area contributed by atoms with Gasteiger partial charge >= 0.3 is 5.97 Å². The van der Waals surface area contributed by atoms with Gasteiger partial charge in [-0.1, -0.05) is 39.0 Å². The summed E-state index contributed by atoms with van der Waals surface area (Å²) in [5, 5.41) is 8.54. The normalized spacial score (nSPS) is 11.5. The van der Waals surface area contributed by atoms with E-state index in [1.54, 1.807) is 0 Å².